The molecule has 5 rings (SSSR count). The first kappa shape index (κ1) is 33.0. The van der Waals surface area contributed by atoms with Crippen molar-refractivity contribution in [3.05, 3.63) is 71.8 Å². The maximum Gasteiger partial charge on any atom is 0.360 e. The topological polar surface area (TPSA) is 78.9 Å². The van der Waals surface area contributed by atoms with Crippen LogP contribution in [0.5, 0.6) is 0 Å². The third kappa shape index (κ3) is 7.26. The summed E-state index contributed by atoms with van der Waals surface area (Å²) in [6.45, 7) is 7.99. The average Bonchev–Trinajstić information content (AvgIpc) is 3.50. The summed E-state index contributed by atoms with van der Waals surface area (Å²) in [5.41, 5.74) is -1.15. The Bertz CT molecular complexity index is 1180. The summed E-state index contributed by atoms with van der Waals surface area (Å²) in [5, 5.41) is 0. The Labute approximate surface area is 262 Å². The van der Waals surface area contributed by atoms with Gasteiger partial charge >= 0.3 is 17.9 Å². The standard InChI is InChI=1S/C35H46NO6.ClH/c1-34(2,3)41-31(37)18-10-11-19-32(38)42-35(26-14-6-4-7-15-26,27-16-8-5-9-17-27)33(39)40-30-24-28-20-21-29(25-30)36(28)22-12-13-23-36;/h4-9,14-17,28-30H,10-13,18-25H2,1-3H3;1H/q+1;/p-1. The highest BCUT2D eigenvalue weighted by Gasteiger charge is 2.57. The van der Waals surface area contributed by atoms with E-state index in [0.29, 0.717) is 36.1 Å². The van der Waals surface area contributed by atoms with Crippen molar-refractivity contribution in [2.45, 2.75) is 114 Å². The monoisotopic (exact) mass is 611 g/mol. The molecule has 1 spiro atoms. The predicted octanol–water partition coefficient (Wildman–Crippen LogP) is 3.23. The van der Waals surface area contributed by atoms with Crippen LogP contribution in [0.2, 0.25) is 0 Å². The van der Waals surface area contributed by atoms with Crippen LogP contribution in [0, 0.1) is 0 Å². The molecule has 0 aliphatic carbocycles. The third-order valence-electron chi connectivity index (χ3n) is 9.38. The minimum atomic E-state index is -1.72. The van der Waals surface area contributed by atoms with Gasteiger partial charge < -0.3 is 31.1 Å². The zero-order valence-electron chi connectivity index (χ0n) is 25.8. The van der Waals surface area contributed by atoms with Gasteiger partial charge in [0, 0.05) is 62.5 Å². The van der Waals surface area contributed by atoms with Crippen molar-refractivity contribution in [3.8, 4) is 0 Å². The van der Waals surface area contributed by atoms with Gasteiger partial charge in [0.05, 0.1) is 25.2 Å². The molecular weight excluding hydrogens is 566 g/mol. The minimum Gasteiger partial charge on any atom is -1.00 e. The van der Waals surface area contributed by atoms with E-state index >= 15 is 0 Å². The number of benzene rings is 2. The van der Waals surface area contributed by atoms with Gasteiger partial charge in [0.1, 0.15) is 11.7 Å². The molecule has 2 atom stereocenters. The molecule has 3 fully saturated rings. The van der Waals surface area contributed by atoms with Crippen molar-refractivity contribution in [2.75, 3.05) is 13.1 Å². The normalized spacial score (nSPS) is 22.4. The molecule has 0 saturated carbocycles. The van der Waals surface area contributed by atoms with E-state index in [2.05, 4.69) is 0 Å². The van der Waals surface area contributed by atoms with Crippen molar-refractivity contribution >= 4 is 17.9 Å². The van der Waals surface area contributed by atoms with Gasteiger partial charge in [-0.1, -0.05) is 60.7 Å². The molecule has 43 heavy (non-hydrogen) atoms. The molecule has 7 nitrogen and oxygen atoms in total. The van der Waals surface area contributed by atoms with Crippen LogP contribution in [0.25, 0.3) is 0 Å². The van der Waals surface area contributed by atoms with Crippen molar-refractivity contribution in [1.29, 1.82) is 0 Å². The van der Waals surface area contributed by atoms with Crippen molar-refractivity contribution in [2.24, 2.45) is 0 Å². The molecule has 2 aromatic rings. The second kappa shape index (κ2) is 13.8. The molecular formula is C35H46ClNO6. The quantitative estimate of drug-likeness (QED) is 0.178. The molecule has 8 heteroatoms. The van der Waals surface area contributed by atoms with Gasteiger partial charge in [-0.05, 0) is 33.6 Å². The lowest BCUT2D eigenvalue weighted by Gasteiger charge is -2.47. The molecule has 3 aliphatic heterocycles. The fraction of sp³-hybridized carbons (Fsp3) is 0.571. The Balaban J connectivity index is 0.00000423. The number of nitrogens with zero attached hydrogens (tertiary/aromatic N) is 1. The molecule has 0 N–H and O–H groups in total. The van der Waals surface area contributed by atoms with Gasteiger partial charge in [-0.15, -0.1) is 0 Å². The number of hydrogen-bond donors (Lipinski definition) is 0. The van der Waals surface area contributed by atoms with Crippen LogP contribution in [-0.4, -0.2) is 59.3 Å². The summed E-state index contributed by atoms with van der Waals surface area (Å²) in [6.07, 6.45) is 7.72. The van der Waals surface area contributed by atoms with Crippen LogP contribution in [0.4, 0.5) is 0 Å². The fourth-order valence-electron chi connectivity index (χ4n) is 7.60. The van der Waals surface area contributed by atoms with Gasteiger partial charge in [-0.25, -0.2) is 4.79 Å². The van der Waals surface area contributed by atoms with Gasteiger partial charge in [0.15, 0.2) is 0 Å². The lowest BCUT2D eigenvalue weighted by molar-refractivity contribution is -0.956. The third-order valence-corrected chi connectivity index (χ3v) is 9.38. The van der Waals surface area contributed by atoms with E-state index in [0.717, 1.165) is 12.8 Å². The van der Waals surface area contributed by atoms with Gasteiger partial charge in [-0.3, -0.25) is 9.59 Å². The van der Waals surface area contributed by atoms with E-state index < -0.39 is 23.1 Å². The molecule has 2 aromatic carbocycles. The minimum absolute atomic E-state index is 0. The van der Waals surface area contributed by atoms with E-state index in [-0.39, 0.29) is 37.3 Å². The summed E-state index contributed by atoms with van der Waals surface area (Å²) in [6, 6.07) is 19.5. The Morgan fingerprint density at radius 2 is 1.21 bits per heavy atom. The molecule has 0 amide bonds. The van der Waals surface area contributed by atoms with Gasteiger partial charge in [0.25, 0.3) is 5.60 Å². The lowest BCUT2D eigenvalue weighted by Crippen LogP contribution is -3.00. The number of ether oxygens (including phenoxy) is 3. The Morgan fingerprint density at radius 1 is 0.744 bits per heavy atom. The predicted molar refractivity (Wildman–Crippen MR) is 159 cm³/mol. The highest BCUT2D eigenvalue weighted by molar-refractivity contribution is 5.89. The number of piperidine rings is 1. The molecule has 0 radical (unpaired) electrons. The summed E-state index contributed by atoms with van der Waals surface area (Å²) in [5.74, 6) is -1.34. The Hall–Kier alpha value is -2.90. The largest absolute Gasteiger partial charge is 1.00 e. The summed E-state index contributed by atoms with van der Waals surface area (Å²) >= 11 is 0. The van der Waals surface area contributed by atoms with Crippen LogP contribution in [0.1, 0.15) is 96.1 Å². The number of unbranched alkanes of at least 4 members (excludes halogenated alkanes) is 1. The Kier molecular flexibility index (Phi) is 10.6. The first-order chi connectivity index (χ1) is 20.1. The van der Waals surface area contributed by atoms with Crippen LogP contribution >= 0.6 is 0 Å². The highest BCUT2D eigenvalue weighted by atomic mass is 35.5. The molecule has 0 aromatic heterocycles. The Morgan fingerprint density at radius 3 is 1.67 bits per heavy atom. The second-order valence-electron chi connectivity index (χ2n) is 13.3. The molecule has 3 aliphatic rings. The summed E-state index contributed by atoms with van der Waals surface area (Å²) in [7, 11) is 0. The zero-order valence-corrected chi connectivity index (χ0v) is 26.5. The number of carbonyl (C=O) groups is 3. The molecule has 2 unspecified atom stereocenters. The smallest absolute Gasteiger partial charge is 0.360 e. The van der Waals surface area contributed by atoms with Gasteiger partial charge in [0.2, 0.25) is 0 Å². The van der Waals surface area contributed by atoms with Crippen LogP contribution < -0.4 is 12.4 Å². The zero-order chi connectivity index (χ0) is 29.8. The number of rotatable bonds is 10. The summed E-state index contributed by atoms with van der Waals surface area (Å²) < 4.78 is 19.2. The average molecular weight is 612 g/mol. The van der Waals surface area contributed by atoms with Crippen LogP contribution in [0.15, 0.2) is 60.7 Å². The lowest BCUT2D eigenvalue weighted by atomic mass is 9.85. The number of halogens is 1. The maximum absolute atomic E-state index is 14.4. The van der Waals surface area contributed by atoms with E-state index in [4.69, 9.17) is 14.2 Å². The van der Waals surface area contributed by atoms with Crippen LogP contribution in [-0.2, 0) is 34.2 Å². The fourth-order valence-corrected chi connectivity index (χ4v) is 7.60. The summed E-state index contributed by atoms with van der Waals surface area (Å²) in [4.78, 5) is 39.9. The van der Waals surface area contributed by atoms with Crippen molar-refractivity contribution in [3.63, 3.8) is 0 Å². The van der Waals surface area contributed by atoms with E-state index in [1.807, 2.05) is 81.4 Å². The van der Waals surface area contributed by atoms with E-state index in [9.17, 15) is 14.4 Å². The van der Waals surface area contributed by atoms with E-state index in [1.165, 1.54) is 43.3 Å². The first-order valence-corrected chi connectivity index (χ1v) is 15.7. The molecule has 2 bridgehead atoms. The van der Waals surface area contributed by atoms with Crippen molar-refractivity contribution < 1.29 is 45.5 Å². The number of quaternary nitrogens is 1. The van der Waals surface area contributed by atoms with E-state index in [1.54, 1.807) is 0 Å². The molecule has 3 saturated heterocycles. The van der Waals surface area contributed by atoms with Crippen LogP contribution in [0.3, 0.4) is 0 Å². The highest BCUT2D eigenvalue weighted by Crippen LogP contribution is 2.47. The van der Waals surface area contributed by atoms with Crippen molar-refractivity contribution in [1.82, 2.24) is 0 Å². The SMILES string of the molecule is CC(C)(C)OC(=O)CCCCC(=O)OC(C(=O)OC1CC2CCC(C1)[N+]21CCCC1)(c1ccccc1)c1ccccc1.[Cl-]. The first-order valence-electron chi connectivity index (χ1n) is 15.7. The number of carbonyl (C=O) groups excluding carboxylic acids is 3. The van der Waals surface area contributed by atoms with Gasteiger partial charge in [-0.2, -0.15) is 0 Å². The molecule has 3 heterocycles. The molecule has 234 valence electrons. The second-order valence-corrected chi connectivity index (χ2v) is 13.3. The number of hydrogen-bond acceptors (Lipinski definition) is 6. The number of esters is 3. The maximum atomic E-state index is 14.4.